The van der Waals surface area contributed by atoms with Gasteiger partial charge < -0.3 is 24.8 Å². The van der Waals surface area contributed by atoms with E-state index in [0.29, 0.717) is 10.8 Å². The number of ketones is 1. The van der Waals surface area contributed by atoms with E-state index < -0.39 is 11.6 Å². The molecule has 0 unspecified atom stereocenters. The third-order valence-electron chi connectivity index (χ3n) is 3.44. The Hall–Kier alpha value is -2.47. The van der Waals surface area contributed by atoms with Crippen molar-refractivity contribution in [3.63, 3.8) is 0 Å². The molecule has 6 nitrogen and oxygen atoms in total. The molecule has 0 saturated carbocycles. The molecular formula is C15H14O6. The number of phenols is 2. The molecule has 0 aromatic heterocycles. The molecule has 21 heavy (non-hydrogen) atoms. The van der Waals surface area contributed by atoms with E-state index in [1.807, 2.05) is 0 Å². The first-order valence-corrected chi connectivity index (χ1v) is 6.33. The van der Waals surface area contributed by atoms with Crippen LogP contribution in [0.1, 0.15) is 23.7 Å². The highest BCUT2D eigenvalue weighted by Crippen LogP contribution is 2.46. The van der Waals surface area contributed by atoms with Gasteiger partial charge in [-0.05, 0) is 17.5 Å². The van der Waals surface area contributed by atoms with E-state index in [1.165, 1.54) is 32.2 Å². The molecule has 0 aliphatic carbocycles. The number of hydrogen-bond acceptors (Lipinski definition) is 6. The molecule has 0 fully saturated rings. The molecule has 1 aliphatic rings. The van der Waals surface area contributed by atoms with Crippen molar-refractivity contribution in [3.05, 3.63) is 23.8 Å². The molecule has 1 atom stereocenters. The third kappa shape index (κ3) is 2.04. The van der Waals surface area contributed by atoms with Crippen LogP contribution in [0, 0.1) is 0 Å². The summed E-state index contributed by atoms with van der Waals surface area (Å²) in [6.07, 6.45) is -0.251. The average Bonchev–Trinajstić information content (AvgIpc) is 2.34. The number of methoxy groups -OCH3 is 1. The molecule has 1 heterocycles. The number of phenolic OH excluding ortho intramolecular Hbond substituents is 2. The van der Waals surface area contributed by atoms with Crippen LogP contribution in [0.15, 0.2) is 18.2 Å². The summed E-state index contributed by atoms with van der Waals surface area (Å²) < 4.78 is 10.5. The average molecular weight is 290 g/mol. The third-order valence-corrected chi connectivity index (χ3v) is 3.44. The number of carbonyl (C=O) groups is 1. The van der Waals surface area contributed by atoms with Crippen LogP contribution >= 0.6 is 0 Å². The van der Waals surface area contributed by atoms with E-state index in [9.17, 15) is 20.1 Å². The first-order valence-electron chi connectivity index (χ1n) is 6.33. The standard InChI is InChI=1S/C15H14O6/c1-15(19)6-9(17)13-11(21-15)4-7-3-8(16)5-10(20-2)12(7)14(13)18/h3-5,16,18-19H,6H2,1-2H3/t15-/m1/s1. The first kappa shape index (κ1) is 13.5. The highest BCUT2D eigenvalue weighted by Gasteiger charge is 2.37. The van der Waals surface area contributed by atoms with Crippen LogP contribution in [0.25, 0.3) is 10.8 Å². The van der Waals surface area contributed by atoms with Crippen LogP contribution in [0.3, 0.4) is 0 Å². The molecule has 3 rings (SSSR count). The second kappa shape index (κ2) is 4.26. The molecule has 6 heteroatoms. The molecule has 0 spiro atoms. The molecule has 3 N–H and O–H groups in total. The van der Waals surface area contributed by atoms with Crippen molar-refractivity contribution in [3.8, 4) is 23.0 Å². The summed E-state index contributed by atoms with van der Waals surface area (Å²) in [5.74, 6) is -2.04. The van der Waals surface area contributed by atoms with Crippen molar-refractivity contribution < 1.29 is 29.6 Å². The maximum Gasteiger partial charge on any atom is 0.212 e. The summed E-state index contributed by atoms with van der Waals surface area (Å²) >= 11 is 0. The Kier molecular flexibility index (Phi) is 2.74. The summed E-state index contributed by atoms with van der Waals surface area (Å²) in [5.41, 5.74) is 0.0121. The van der Waals surface area contributed by atoms with E-state index in [0.717, 1.165) is 0 Å². The smallest absolute Gasteiger partial charge is 0.212 e. The molecule has 0 amide bonds. The van der Waals surface area contributed by atoms with Crippen LogP contribution in [0.4, 0.5) is 0 Å². The lowest BCUT2D eigenvalue weighted by Gasteiger charge is -2.30. The van der Waals surface area contributed by atoms with Crippen molar-refractivity contribution >= 4 is 16.6 Å². The summed E-state index contributed by atoms with van der Waals surface area (Å²) in [6.45, 7) is 1.37. The van der Waals surface area contributed by atoms with Crippen LogP contribution < -0.4 is 9.47 Å². The largest absolute Gasteiger partial charge is 0.508 e. The molecule has 1 aliphatic heterocycles. The van der Waals surface area contributed by atoms with Crippen molar-refractivity contribution in [2.75, 3.05) is 7.11 Å². The lowest BCUT2D eigenvalue weighted by molar-refractivity contribution is -0.123. The molecule has 0 bridgehead atoms. The lowest BCUT2D eigenvalue weighted by Crippen LogP contribution is -2.38. The Bertz CT molecular complexity index is 763. The van der Waals surface area contributed by atoms with E-state index >= 15 is 0 Å². The van der Waals surface area contributed by atoms with Gasteiger partial charge in [-0.2, -0.15) is 0 Å². The molecule has 2 aromatic rings. The zero-order valence-corrected chi connectivity index (χ0v) is 11.5. The van der Waals surface area contributed by atoms with Crippen molar-refractivity contribution in [1.82, 2.24) is 0 Å². The van der Waals surface area contributed by atoms with Gasteiger partial charge in [0.05, 0.1) is 18.9 Å². The minimum absolute atomic E-state index is 0.0121. The number of Topliss-reactive ketones (excluding diaryl/α,β-unsaturated/α-hetero) is 1. The van der Waals surface area contributed by atoms with Gasteiger partial charge in [-0.15, -0.1) is 0 Å². The Morgan fingerprint density at radius 3 is 2.67 bits per heavy atom. The van der Waals surface area contributed by atoms with Crippen LogP contribution in [0.5, 0.6) is 23.0 Å². The second-order valence-corrected chi connectivity index (χ2v) is 5.22. The monoisotopic (exact) mass is 290 g/mol. The fourth-order valence-corrected chi connectivity index (χ4v) is 2.61. The molecule has 0 radical (unpaired) electrons. The van der Waals surface area contributed by atoms with E-state index in [2.05, 4.69) is 0 Å². The minimum atomic E-state index is -1.62. The number of aliphatic hydroxyl groups is 1. The quantitative estimate of drug-likeness (QED) is 0.742. The summed E-state index contributed by atoms with van der Waals surface area (Å²) in [6, 6.07) is 4.24. The topological polar surface area (TPSA) is 96.2 Å². The first-order chi connectivity index (χ1) is 9.82. The van der Waals surface area contributed by atoms with Gasteiger partial charge in [0.15, 0.2) is 5.78 Å². The van der Waals surface area contributed by atoms with Crippen molar-refractivity contribution in [2.45, 2.75) is 19.1 Å². The Balaban J connectivity index is 2.38. The predicted octanol–water partition coefficient (Wildman–Crippen LogP) is 1.93. The fraction of sp³-hybridized carbons (Fsp3) is 0.267. The van der Waals surface area contributed by atoms with E-state index in [1.54, 1.807) is 0 Å². The van der Waals surface area contributed by atoms with Crippen molar-refractivity contribution in [2.24, 2.45) is 0 Å². The predicted molar refractivity (Wildman–Crippen MR) is 74.0 cm³/mol. The van der Waals surface area contributed by atoms with Crippen LogP contribution in [-0.4, -0.2) is 34.0 Å². The molecule has 110 valence electrons. The minimum Gasteiger partial charge on any atom is -0.508 e. The number of fused-ring (bicyclic) bond motifs is 2. The highest BCUT2D eigenvalue weighted by molar-refractivity contribution is 6.10. The SMILES string of the molecule is COc1cc(O)cc2cc3c(c(O)c12)C(=O)C[C@](C)(O)O3. The Morgan fingerprint density at radius 1 is 1.29 bits per heavy atom. The molecule has 2 aromatic carbocycles. The number of hydrogen-bond donors (Lipinski definition) is 3. The van der Waals surface area contributed by atoms with Gasteiger partial charge >= 0.3 is 0 Å². The Morgan fingerprint density at radius 2 is 2.00 bits per heavy atom. The van der Waals surface area contributed by atoms with E-state index in [-0.39, 0.29) is 35.0 Å². The van der Waals surface area contributed by atoms with Crippen LogP contribution in [0.2, 0.25) is 0 Å². The Labute approximate surface area is 120 Å². The van der Waals surface area contributed by atoms with Gasteiger partial charge in [-0.25, -0.2) is 0 Å². The van der Waals surface area contributed by atoms with Gasteiger partial charge in [0.1, 0.15) is 28.6 Å². The van der Waals surface area contributed by atoms with Gasteiger partial charge in [0, 0.05) is 13.0 Å². The van der Waals surface area contributed by atoms with Crippen molar-refractivity contribution in [1.29, 1.82) is 0 Å². The van der Waals surface area contributed by atoms with E-state index in [4.69, 9.17) is 9.47 Å². The summed E-state index contributed by atoms with van der Waals surface area (Å²) in [7, 11) is 1.40. The zero-order valence-electron chi connectivity index (χ0n) is 11.5. The maximum atomic E-state index is 12.1. The number of ether oxygens (including phenoxy) is 2. The molecule has 0 saturated heterocycles. The zero-order chi connectivity index (χ0) is 15.4. The number of carbonyl (C=O) groups excluding carboxylic acids is 1. The highest BCUT2D eigenvalue weighted by atomic mass is 16.6. The fourth-order valence-electron chi connectivity index (χ4n) is 2.61. The van der Waals surface area contributed by atoms with Gasteiger partial charge in [-0.3, -0.25) is 4.79 Å². The number of benzene rings is 2. The lowest BCUT2D eigenvalue weighted by atomic mass is 9.94. The van der Waals surface area contributed by atoms with Crippen LogP contribution in [-0.2, 0) is 0 Å². The van der Waals surface area contributed by atoms with Gasteiger partial charge in [0.2, 0.25) is 5.79 Å². The normalized spacial score (nSPS) is 21.0. The molecular weight excluding hydrogens is 276 g/mol. The summed E-state index contributed by atoms with van der Waals surface area (Å²) in [5, 5.41) is 30.7. The van der Waals surface area contributed by atoms with Gasteiger partial charge in [-0.1, -0.05) is 0 Å². The number of aromatic hydroxyl groups is 2. The second-order valence-electron chi connectivity index (χ2n) is 5.22. The summed E-state index contributed by atoms with van der Waals surface area (Å²) in [4.78, 5) is 12.1. The maximum absolute atomic E-state index is 12.1. The van der Waals surface area contributed by atoms with Gasteiger partial charge in [0.25, 0.3) is 0 Å². The number of rotatable bonds is 1.